The van der Waals surface area contributed by atoms with Crippen LogP contribution in [0.25, 0.3) is 0 Å². The number of hydrogen-bond donors (Lipinski definition) is 0. The van der Waals surface area contributed by atoms with Crippen molar-refractivity contribution in [3.63, 3.8) is 0 Å². The van der Waals surface area contributed by atoms with Crippen molar-refractivity contribution in [3.8, 4) is 0 Å². The number of carbonyl (C=O) groups excluding carboxylic acids is 1. The van der Waals surface area contributed by atoms with Crippen LogP contribution in [0.15, 0.2) is 23.1 Å². The smallest absolute Gasteiger partial charge is 0.321 e. The van der Waals surface area contributed by atoms with Gasteiger partial charge >= 0.3 is 5.97 Å². The second-order valence-corrected chi connectivity index (χ2v) is 9.28. The van der Waals surface area contributed by atoms with E-state index in [0.29, 0.717) is 6.54 Å². The molecule has 0 N–H and O–H groups in total. The van der Waals surface area contributed by atoms with Gasteiger partial charge in [0.05, 0.1) is 4.92 Å². The van der Waals surface area contributed by atoms with Crippen LogP contribution in [0.1, 0.15) is 26.3 Å². The SMILES string of the molecule is Cc1cccc([N+](=O)[O-])c1S(=O)(=O)N(CCN(C)C)CC(=O)OC(C)(C)C. The topological polar surface area (TPSA) is 110 Å². The maximum absolute atomic E-state index is 13.2. The molecule has 1 aromatic rings. The highest BCUT2D eigenvalue weighted by Gasteiger charge is 2.35. The molecule has 0 unspecified atom stereocenters. The summed E-state index contributed by atoms with van der Waals surface area (Å²) in [4.78, 5) is 24.2. The van der Waals surface area contributed by atoms with Crippen molar-refractivity contribution in [2.24, 2.45) is 0 Å². The first-order valence-electron chi connectivity index (χ1n) is 8.36. The van der Waals surface area contributed by atoms with E-state index in [4.69, 9.17) is 4.74 Å². The number of aryl methyl sites for hydroxylation is 1. The molecular formula is C17H27N3O6S. The summed E-state index contributed by atoms with van der Waals surface area (Å²) in [6.45, 7) is 6.30. The molecule has 0 aliphatic rings. The molecule has 0 radical (unpaired) electrons. The Morgan fingerprint density at radius 2 is 1.81 bits per heavy atom. The van der Waals surface area contributed by atoms with Crippen LogP contribution in [0, 0.1) is 17.0 Å². The number of nitro groups is 1. The summed E-state index contributed by atoms with van der Waals surface area (Å²) in [6, 6.07) is 4.04. The van der Waals surface area contributed by atoms with Gasteiger partial charge in [0.2, 0.25) is 0 Å². The van der Waals surface area contributed by atoms with E-state index in [-0.39, 0.29) is 12.1 Å². The minimum absolute atomic E-state index is 0.0138. The van der Waals surface area contributed by atoms with Crippen molar-refractivity contribution in [2.75, 3.05) is 33.7 Å². The number of nitrogens with zero attached hydrogens (tertiary/aromatic N) is 3. The Morgan fingerprint density at radius 1 is 1.22 bits per heavy atom. The predicted molar refractivity (Wildman–Crippen MR) is 101 cm³/mol. The van der Waals surface area contributed by atoms with Gasteiger partial charge in [-0.15, -0.1) is 0 Å². The van der Waals surface area contributed by atoms with Gasteiger partial charge in [0.1, 0.15) is 12.1 Å². The van der Waals surface area contributed by atoms with Crippen LogP contribution in [0.5, 0.6) is 0 Å². The van der Waals surface area contributed by atoms with Crippen LogP contribution >= 0.6 is 0 Å². The number of esters is 1. The van der Waals surface area contributed by atoms with Crippen molar-refractivity contribution in [1.82, 2.24) is 9.21 Å². The average Bonchev–Trinajstić information content (AvgIpc) is 2.48. The maximum Gasteiger partial charge on any atom is 0.321 e. The number of benzene rings is 1. The van der Waals surface area contributed by atoms with Gasteiger partial charge in [-0.05, 0) is 47.4 Å². The zero-order chi connectivity index (χ0) is 21.0. The van der Waals surface area contributed by atoms with Gasteiger partial charge in [-0.25, -0.2) is 8.42 Å². The van der Waals surface area contributed by atoms with Crippen molar-refractivity contribution >= 4 is 21.7 Å². The predicted octanol–water partition coefficient (Wildman–Crippen LogP) is 1.80. The summed E-state index contributed by atoms with van der Waals surface area (Å²) in [5.74, 6) is -0.721. The zero-order valence-electron chi connectivity index (χ0n) is 16.6. The lowest BCUT2D eigenvalue weighted by Crippen LogP contribution is -2.42. The van der Waals surface area contributed by atoms with Gasteiger partial charge in [-0.3, -0.25) is 14.9 Å². The number of nitro benzene ring substituents is 1. The second kappa shape index (κ2) is 8.77. The molecule has 9 nitrogen and oxygen atoms in total. The summed E-state index contributed by atoms with van der Waals surface area (Å²) in [6.07, 6.45) is 0. The van der Waals surface area contributed by atoms with Crippen molar-refractivity contribution < 1.29 is 22.9 Å². The summed E-state index contributed by atoms with van der Waals surface area (Å²) >= 11 is 0. The van der Waals surface area contributed by atoms with Crippen molar-refractivity contribution in [2.45, 2.75) is 38.2 Å². The summed E-state index contributed by atoms with van der Waals surface area (Å²) < 4.78 is 32.5. The summed E-state index contributed by atoms with van der Waals surface area (Å²) in [5, 5.41) is 11.3. The summed E-state index contributed by atoms with van der Waals surface area (Å²) in [5.41, 5.74) is -1.06. The molecule has 0 aromatic heterocycles. The molecule has 1 rings (SSSR count). The van der Waals surface area contributed by atoms with Crippen molar-refractivity contribution in [1.29, 1.82) is 0 Å². The standard InChI is InChI=1S/C17H27N3O6S/c1-13-8-7-9-14(20(22)23)16(13)27(24,25)19(11-10-18(5)6)12-15(21)26-17(2,3)4/h7-9H,10-12H2,1-6H3. The molecule has 152 valence electrons. The van der Waals surface area contributed by atoms with Crippen molar-refractivity contribution in [3.05, 3.63) is 33.9 Å². The molecule has 27 heavy (non-hydrogen) atoms. The Balaban J connectivity index is 3.35. The highest BCUT2D eigenvalue weighted by Crippen LogP contribution is 2.29. The minimum Gasteiger partial charge on any atom is -0.459 e. The van der Waals surface area contributed by atoms with E-state index in [1.165, 1.54) is 19.1 Å². The quantitative estimate of drug-likeness (QED) is 0.371. The number of sulfonamides is 1. The minimum atomic E-state index is -4.29. The lowest BCUT2D eigenvalue weighted by atomic mass is 10.2. The highest BCUT2D eigenvalue weighted by molar-refractivity contribution is 7.89. The molecule has 0 spiro atoms. The lowest BCUT2D eigenvalue weighted by Gasteiger charge is -2.26. The van der Waals surface area contributed by atoms with E-state index >= 15 is 0 Å². The first-order valence-corrected chi connectivity index (χ1v) is 9.80. The zero-order valence-corrected chi connectivity index (χ0v) is 17.4. The van der Waals surface area contributed by atoms with Gasteiger partial charge < -0.3 is 9.64 Å². The molecule has 0 saturated carbocycles. The second-order valence-electron chi connectivity index (χ2n) is 7.41. The Kier molecular flexibility index (Phi) is 7.47. The largest absolute Gasteiger partial charge is 0.459 e. The van der Waals surface area contributed by atoms with Crippen LogP contribution in [0.4, 0.5) is 5.69 Å². The first kappa shape index (κ1) is 23.0. The fourth-order valence-electron chi connectivity index (χ4n) is 2.36. The van der Waals surface area contributed by atoms with Crippen LogP contribution in [-0.2, 0) is 19.6 Å². The monoisotopic (exact) mass is 401 g/mol. The van der Waals surface area contributed by atoms with Gasteiger partial charge in [0.15, 0.2) is 4.90 Å². The fourth-order valence-corrected chi connectivity index (χ4v) is 4.10. The molecule has 0 fully saturated rings. The number of likely N-dealkylation sites (N-methyl/N-ethyl adjacent to an activating group) is 1. The van der Waals surface area contributed by atoms with E-state index in [1.54, 1.807) is 39.8 Å². The number of rotatable bonds is 8. The normalized spacial score (nSPS) is 12.4. The van der Waals surface area contributed by atoms with Gasteiger partial charge in [0, 0.05) is 19.2 Å². The Morgan fingerprint density at radius 3 is 2.30 bits per heavy atom. The summed E-state index contributed by atoms with van der Waals surface area (Å²) in [7, 11) is -0.773. The van der Waals surface area contributed by atoms with E-state index in [2.05, 4.69) is 0 Å². The highest BCUT2D eigenvalue weighted by atomic mass is 32.2. The number of ether oxygens (including phenoxy) is 1. The number of hydrogen-bond acceptors (Lipinski definition) is 7. The molecule has 0 aliphatic carbocycles. The van der Waals surface area contributed by atoms with Crippen LogP contribution in [0.3, 0.4) is 0 Å². The third-order valence-electron chi connectivity index (χ3n) is 3.51. The molecule has 1 aromatic carbocycles. The first-order chi connectivity index (χ1) is 12.3. The maximum atomic E-state index is 13.2. The average molecular weight is 401 g/mol. The molecule has 0 atom stereocenters. The third-order valence-corrected chi connectivity index (χ3v) is 5.55. The van der Waals surface area contributed by atoms with Crippen LogP contribution < -0.4 is 0 Å². The lowest BCUT2D eigenvalue weighted by molar-refractivity contribution is -0.387. The molecule has 0 saturated heterocycles. The fraction of sp³-hybridized carbons (Fsp3) is 0.588. The molecular weight excluding hydrogens is 374 g/mol. The Labute approximate surface area is 160 Å². The van der Waals surface area contributed by atoms with Crippen LogP contribution in [-0.4, -0.2) is 67.8 Å². The molecule has 0 aliphatic heterocycles. The number of carbonyl (C=O) groups is 1. The van der Waals surface area contributed by atoms with Gasteiger partial charge in [0.25, 0.3) is 15.7 Å². The van der Waals surface area contributed by atoms with E-state index in [0.717, 1.165) is 10.4 Å². The third kappa shape index (κ3) is 6.56. The van der Waals surface area contributed by atoms with Gasteiger partial charge in [-0.2, -0.15) is 4.31 Å². The van der Waals surface area contributed by atoms with E-state index < -0.39 is 43.6 Å². The molecule has 0 heterocycles. The van der Waals surface area contributed by atoms with Crippen LogP contribution in [0.2, 0.25) is 0 Å². The molecule has 0 amide bonds. The van der Waals surface area contributed by atoms with E-state index in [9.17, 15) is 23.3 Å². The Hall–Kier alpha value is -2.04. The molecule has 0 bridgehead atoms. The Bertz CT molecular complexity index is 799. The van der Waals surface area contributed by atoms with Gasteiger partial charge in [-0.1, -0.05) is 12.1 Å². The van der Waals surface area contributed by atoms with E-state index in [1.807, 2.05) is 0 Å². The molecule has 10 heteroatoms.